The van der Waals surface area contributed by atoms with Crippen LogP contribution in [0.1, 0.15) is 30.7 Å². The number of aromatic nitrogens is 1. The molecule has 0 saturated carbocycles. The highest BCUT2D eigenvalue weighted by atomic mass is 32.2. The van der Waals surface area contributed by atoms with Crippen LogP contribution < -0.4 is 5.32 Å². The molecule has 8 heteroatoms. The number of nitrogens with one attached hydrogen (secondary N) is 1. The molecule has 1 unspecified atom stereocenters. The number of hydrogen-bond acceptors (Lipinski definition) is 5. The third-order valence-electron chi connectivity index (χ3n) is 4.39. The molecule has 0 radical (unpaired) electrons. The molecule has 1 amide bonds. The van der Waals surface area contributed by atoms with Crippen LogP contribution in [0.25, 0.3) is 10.2 Å². The predicted molar refractivity (Wildman–Crippen MR) is 100 cm³/mol. The van der Waals surface area contributed by atoms with Gasteiger partial charge < -0.3 is 5.32 Å². The zero-order valence-electron chi connectivity index (χ0n) is 14.3. The van der Waals surface area contributed by atoms with Crippen molar-refractivity contribution in [2.75, 3.05) is 19.3 Å². The third-order valence-corrected chi connectivity index (χ3v) is 6.77. The van der Waals surface area contributed by atoms with Gasteiger partial charge in [-0.3, -0.25) is 4.79 Å². The second-order valence-corrected chi connectivity index (χ2v) is 9.41. The number of carbonyl (C=O) groups is 1. The van der Waals surface area contributed by atoms with Gasteiger partial charge in [0.1, 0.15) is 6.04 Å². The van der Waals surface area contributed by atoms with Gasteiger partial charge in [-0.2, -0.15) is 4.31 Å². The number of benzene rings is 1. The van der Waals surface area contributed by atoms with Gasteiger partial charge in [0.25, 0.3) is 0 Å². The molecule has 1 fully saturated rings. The van der Waals surface area contributed by atoms with Crippen LogP contribution in [0.3, 0.4) is 0 Å². The van der Waals surface area contributed by atoms with Crippen molar-refractivity contribution in [3.05, 3.63) is 29.3 Å². The van der Waals surface area contributed by atoms with E-state index >= 15 is 0 Å². The van der Waals surface area contributed by atoms with Crippen LogP contribution in [-0.2, 0) is 21.2 Å². The van der Waals surface area contributed by atoms with Gasteiger partial charge >= 0.3 is 0 Å². The van der Waals surface area contributed by atoms with Crippen molar-refractivity contribution >= 4 is 37.5 Å². The fourth-order valence-corrected chi connectivity index (χ4v) is 5.29. The van der Waals surface area contributed by atoms with Crippen molar-refractivity contribution in [3.8, 4) is 0 Å². The molecule has 0 spiro atoms. The largest absolute Gasteiger partial charge is 0.355 e. The van der Waals surface area contributed by atoms with Gasteiger partial charge in [0.2, 0.25) is 15.9 Å². The summed E-state index contributed by atoms with van der Waals surface area (Å²) in [4.78, 5) is 17.0. The quantitative estimate of drug-likeness (QED) is 0.778. The average molecular weight is 382 g/mol. The maximum Gasteiger partial charge on any atom is 0.238 e. The number of hydrogen-bond donors (Lipinski definition) is 1. The Balaban J connectivity index is 1.50. The Hall–Kier alpha value is -1.51. The van der Waals surface area contributed by atoms with E-state index in [4.69, 9.17) is 0 Å². The number of thiazole rings is 1. The molecule has 3 rings (SSSR count). The van der Waals surface area contributed by atoms with E-state index in [-0.39, 0.29) is 5.91 Å². The zero-order chi connectivity index (χ0) is 17.9. The summed E-state index contributed by atoms with van der Waals surface area (Å²) in [6.45, 7) is 0.964. The fourth-order valence-electron chi connectivity index (χ4n) is 3.16. The molecule has 1 saturated heterocycles. The molecule has 2 heterocycles. The Morgan fingerprint density at radius 2 is 2.16 bits per heavy atom. The normalized spacial score (nSPS) is 19.2. The molecule has 0 aliphatic carbocycles. The highest BCUT2D eigenvalue weighted by Crippen LogP contribution is 2.22. The molecule has 6 nitrogen and oxygen atoms in total. The molecule has 1 N–H and O–H groups in total. The number of amides is 1. The van der Waals surface area contributed by atoms with Gasteiger partial charge in [-0.25, -0.2) is 13.4 Å². The van der Waals surface area contributed by atoms with E-state index in [1.54, 1.807) is 11.3 Å². The van der Waals surface area contributed by atoms with Crippen molar-refractivity contribution in [2.24, 2.45) is 0 Å². The minimum atomic E-state index is -3.34. The lowest BCUT2D eigenvalue weighted by Crippen LogP contribution is -2.51. The molecule has 1 aliphatic rings. The number of nitrogens with zero attached hydrogens (tertiary/aromatic N) is 2. The van der Waals surface area contributed by atoms with Crippen molar-refractivity contribution in [3.63, 3.8) is 0 Å². The summed E-state index contributed by atoms with van der Waals surface area (Å²) in [6, 6.07) is 7.47. The Bertz CT molecular complexity index is 815. The number of rotatable bonds is 6. The maximum absolute atomic E-state index is 12.4. The first-order valence-electron chi connectivity index (χ1n) is 8.54. The van der Waals surface area contributed by atoms with Gasteiger partial charge in [0.05, 0.1) is 21.5 Å². The van der Waals surface area contributed by atoms with E-state index in [0.717, 1.165) is 36.2 Å². The average Bonchev–Trinajstić information content (AvgIpc) is 3.00. The second-order valence-electron chi connectivity index (χ2n) is 6.36. The number of fused-ring (bicyclic) bond motifs is 1. The smallest absolute Gasteiger partial charge is 0.238 e. The molecule has 1 aromatic carbocycles. The highest BCUT2D eigenvalue weighted by molar-refractivity contribution is 7.88. The molecule has 136 valence electrons. The third kappa shape index (κ3) is 4.56. The van der Waals surface area contributed by atoms with Gasteiger partial charge in [-0.15, -0.1) is 11.3 Å². The Morgan fingerprint density at radius 3 is 2.92 bits per heavy atom. The standard InChI is InChI=1S/C17H23N3O3S2/c1-25(22,23)20-12-5-4-8-14(20)17(21)18-11-6-10-16-19-13-7-2-3-9-15(13)24-16/h2-3,7,9,14H,4-6,8,10-12H2,1H3,(H,18,21). The van der Waals surface area contributed by atoms with Crippen LogP contribution in [0, 0.1) is 0 Å². The summed E-state index contributed by atoms with van der Waals surface area (Å²) < 4.78 is 26.2. The van der Waals surface area contributed by atoms with Crippen LogP contribution in [0.4, 0.5) is 0 Å². The molecule has 1 atom stereocenters. The van der Waals surface area contributed by atoms with Crippen molar-refractivity contribution in [1.82, 2.24) is 14.6 Å². The Labute approximate surface area is 152 Å². The van der Waals surface area contributed by atoms with Crippen molar-refractivity contribution in [2.45, 2.75) is 38.1 Å². The molecule has 1 aliphatic heterocycles. The molecular formula is C17H23N3O3S2. The topological polar surface area (TPSA) is 79.4 Å². The van der Waals surface area contributed by atoms with Gasteiger partial charge in [0, 0.05) is 19.5 Å². The molecule has 1 aromatic heterocycles. The maximum atomic E-state index is 12.4. The monoisotopic (exact) mass is 381 g/mol. The molecule has 0 bridgehead atoms. The van der Waals surface area contributed by atoms with E-state index < -0.39 is 16.1 Å². The predicted octanol–water partition coefficient (Wildman–Crippen LogP) is 2.16. The van der Waals surface area contributed by atoms with E-state index in [1.807, 2.05) is 18.2 Å². The number of aryl methyl sites for hydroxylation is 1. The van der Waals surface area contributed by atoms with Crippen LogP contribution in [0.5, 0.6) is 0 Å². The Kier molecular flexibility index (Phi) is 5.71. The summed E-state index contributed by atoms with van der Waals surface area (Å²) >= 11 is 1.68. The van der Waals surface area contributed by atoms with Gasteiger partial charge in [-0.05, 0) is 31.4 Å². The summed E-state index contributed by atoms with van der Waals surface area (Å²) in [7, 11) is -3.34. The summed E-state index contributed by atoms with van der Waals surface area (Å²) in [6.07, 6.45) is 5.06. The lowest BCUT2D eigenvalue weighted by Gasteiger charge is -2.32. The Morgan fingerprint density at radius 1 is 1.36 bits per heavy atom. The molecule has 2 aromatic rings. The lowest BCUT2D eigenvalue weighted by atomic mass is 10.0. The van der Waals surface area contributed by atoms with Gasteiger partial charge in [-0.1, -0.05) is 18.6 Å². The minimum Gasteiger partial charge on any atom is -0.355 e. The zero-order valence-corrected chi connectivity index (χ0v) is 15.9. The van der Waals surface area contributed by atoms with Crippen LogP contribution in [-0.4, -0.2) is 49.0 Å². The number of carbonyl (C=O) groups excluding carboxylic acids is 1. The summed E-state index contributed by atoms with van der Waals surface area (Å²) in [5.74, 6) is -0.186. The number of piperidine rings is 1. The van der Waals surface area contributed by atoms with Gasteiger partial charge in [0.15, 0.2) is 0 Å². The lowest BCUT2D eigenvalue weighted by molar-refractivity contribution is -0.125. The van der Waals surface area contributed by atoms with E-state index in [1.165, 1.54) is 15.3 Å². The molecular weight excluding hydrogens is 358 g/mol. The fraction of sp³-hybridized carbons (Fsp3) is 0.529. The van der Waals surface area contributed by atoms with Crippen molar-refractivity contribution < 1.29 is 13.2 Å². The van der Waals surface area contributed by atoms with E-state index in [2.05, 4.69) is 16.4 Å². The van der Waals surface area contributed by atoms with Crippen LogP contribution in [0.2, 0.25) is 0 Å². The first kappa shape index (κ1) is 18.3. The van der Waals surface area contributed by atoms with Crippen molar-refractivity contribution in [1.29, 1.82) is 0 Å². The number of para-hydroxylation sites is 1. The first-order chi connectivity index (χ1) is 11.9. The SMILES string of the molecule is CS(=O)(=O)N1CCCCC1C(=O)NCCCc1nc2ccccc2s1. The summed E-state index contributed by atoms with van der Waals surface area (Å²) in [5, 5.41) is 3.95. The highest BCUT2D eigenvalue weighted by Gasteiger charge is 2.34. The van der Waals surface area contributed by atoms with Crippen LogP contribution >= 0.6 is 11.3 Å². The van der Waals surface area contributed by atoms with Crippen LogP contribution in [0.15, 0.2) is 24.3 Å². The first-order valence-corrected chi connectivity index (χ1v) is 11.2. The molecule has 25 heavy (non-hydrogen) atoms. The minimum absolute atomic E-state index is 0.186. The van der Waals surface area contributed by atoms with E-state index in [0.29, 0.717) is 19.5 Å². The van der Waals surface area contributed by atoms with E-state index in [9.17, 15) is 13.2 Å². The summed E-state index contributed by atoms with van der Waals surface area (Å²) in [5.41, 5.74) is 1.01. The second kappa shape index (κ2) is 7.80. The number of sulfonamides is 1.